The van der Waals surface area contributed by atoms with Crippen molar-refractivity contribution in [2.75, 3.05) is 0 Å². The molecular weight excluding hydrogens is 282 g/mol. The molecule has 2 N–H and O–H groups in total. The van der Waals surface area contributed by atoms with E-state index in [1.807, 2.05) is 38.2 Å². The molecule has 90 valence electrons. The number of carboxylic acid groups (broad SMARTS) is 1. The van der Waals surface area contributed by atoms with E-state index in [2.05, 4.69) is 20.9 Å². The molecule has 3 nitrogen and oxygen atoms in total. The van der Waals surface area contributed by atoms with Crippen LogP contribution in [0, 0.1) is 0 Å². The van der Waals surface area contributed by atoms with E-state index in [0.717, 1.165) is 20.9 Å². The Morgan fingerprint density at radius 2 is 2.18 bits per heavy atom. The van der Waals surface area contributed by atoms with Gasteiger partial charge in [0.25, 0.3) is 0 Å². The predicted octanol–water partition coefficient (Wildman–Crippen LogP) is 3.68. The van der Waals surface area contributed by atoms with Gasteiger partial charge in [0.1, 0.15) is 0 Å². The van der Waals surface area contributed by atoms with Crippen molar-refractivity contribution in [1.82, 2.24) is 4.98 Å². The highest BCUT2D eigenvalue weighted by Gasteiger charge is 2.26. The molecule has 0 atom stereocenters. The van der Waals surface area contributed by atoms with Crippen molar-refractivity contribution in [3.05, 3.63) is 34.4 Å². The number of H-pyrrole nitrogens is 1. The van der Waals surface area contributed by atoms with Gasteiger partial charge in [0, 0.05) is 27.0 Å². The molecule has 2 aromatic rings. The summed E-state index contributed by atoms with van der Waals surface area (Å²) in [6.07, 6.45) is 1.99. The Labute approximate surface area is 108 Å². The van der Waals surface area contributed by atoms with E-state index in [1.54, 1.807) is 0 Å². The molecule has 1 aromatic carbocycles. The number of carboxylic acids is 1. The van der Waals surface area contributed by atoms with Crippen molar-refractivity contribution in [3.8, 4) is 0 Å². The third kappa shape index (κ3) is 2.22. The Kier molecular flexibility index (Phi) is 3.00. The number of halogens is 1. The quantitative estimate of drug-likeness (QED) is 0.907. The van der Waals surface area contributed by atoms with Crippen LogP contribution in [0.2, 0.25) is 0 Å². The van der Waals surface area contributed by atoms with Crippen molar-refractivity contribution in [3.63, 3.8) is 0 Å². The van der Waals surface area contributed by atoms with Gasteiger partial charge in [-0.3, -0.25) is 4.79 Å². The van der Waals surface area contributed by atoms with E-state index in [1.165, 1.54) is 0 Å². The van der Waals surface area contributed by atoms with Gasteiger partial charge in [-0.15, -0.1) is 0 Å². The summed E-state index contributed by atoms with van der Waals surface area (Å²) in [5.74, 6) is -0.779. The second-order valence-electron chi connectivity index (χ2n) is 4.82. The zero-order chi connectivity index (χ0) is 12.6. The molecule has 0 saturated heterocycles. The molecule has 0 fully saturated rings. The van der Waals surface area contributed by atoms with Gasteiger partial charge in [-0.2, -0.15) is 0 Å². The van der Waals surface area contributed by atoms with E-state index in [4.69, 9.17) is 5.11 Å². The molecule has 2 rings (SSSR count). The fraction of sp³-hybridized carbons (Fsp3) is 0.308. The summed E-state index contributed by atoms with van der Waals surface area (Å²) in [5.41, 5.74) is 1.68. The van der Waals surface area contributed by atoms with Crippen molar-refractivity contribution >= 4 is 32.8 Å². The van der Waals surface area contributed by atoms with Crippen molar-refractivity contribution in [1.29, 1.82) is 0 Å². The Morgan fingerprint density at radius 3 is 2.82 bits per heavy atom. The number of benzene rings is 1. The molecule has 1 aromatic heterocycles. The first kappa shape index (κ1) is 12.2. The summed E-state index contributed by atoms with van der Waals surface area (Å²) in [6.45, 7) is 3.91. The Morgan fingerprint density at radius 1 is 1.47 bits per heavy atom. The van der Waals surface area contributed by atoms with Gasteiger partial charge in [0.2, 0.25) is 0 Å². The maximum atomic E-state index is 10.9. The predicted molar refractivity (Wildman–Crippen MR) is 71.3 cm³/mol. The fourth-order valence-electron chi connectivity index (χ4n) is 2.18. The SMILES string of the molecule is CC(C)(CC(=O)O)c1cccc2[nH]cc(Br)c12. The van der Waals surface area contributed by atoms with Gasteiger partial charge >= 0.3 is 5.97 Å². The molecule has 0 amide bonds. The van der Waals surface area contributed by atoms with Crippen LogP contribution in [0.3, 0.4) is 0 Å². The monoisotopic (exact) mass is 295 g/mol. The second-order valence-corrected chi connectivity index (χ2v) is 5.67. The Balaban J connectivity index is 2.61. The number of hydrogen-bond acceptors (Lipinski definition) is 1. The Bertz CT molecular complexity index is 572. The van der Waals surface area contributed by atoms with Crippen LogP contribution < -0.4 is 0 Å². The minimum absolute atomic E-state index is 0.115. The minimum atomic E-state index is -0.779. The van der Waals surface area contributed by atoms with Crippen LogP contribution in [-0.4, -0.2) is 16.1 Å². The number of aliphatic carboxylic acids is 1. The summed E-state index contributed by atoms with van der Waals surface area (Å²) in [6, 6.07) is 5.93. The van der Waals surface area contributed by atoms with Crippen LogP contribution in [0.15, 0.2) is 28.9 Å². The first-order valence-corrected chi connectivity index (χ1v) is 6.19. The summed E-state index contributed by atoms with van der Waals surface area (Å²) in [5, 5.41) is 10.1. The lowest BCUT2D eigenvalue weighted by Crippen LogP contribution is -2.21. The number of fused-ring (bicyclic) bond motifs is 1. The largest absolute Gasteiger partial charge is 0.481 e. The second kappa shape index (κ2) is 4.18. The average molecular weight is 296 g/mol. The van der Waals surface area contributed by atoms with Gasteiger partial charge < -0.3 is 10.1 Å². The van der Waals surface area contributed by atoms with Crippen molar-refractivity contribution in [2.45, 2.75) is 25.7 Å². The summed E-state index contributed by atoms with van der Waals surface area (Å²) >= 11 is 3.50. The van der Waals surface area contributed by atoms with Crippen LogP contribution in [-0.2, 0) is 10.2 Å². The van der Waals surface area contributed by atoms with Gasteiger partial charge in [0.15, 0.2) is 0 Å². The summed E-state index contributed by atoms with van der Waals surface area (Å²) in [4.78, 5) is 14.1. The van der Waals surface area contributed by atoms with E-state index >= 15 is 0 Å². The van der Waals surface area contributed by atoms with Gasteiger partial charge in [0.05, 0.1) is 6.42 Å². The lowest BCUT2D eigenvalue weighted by Gasteiger charge is -2.24. The number of carbonyl (C=O) groups is 1. The lowest BCUT2D eigenvalue weighted by molar-refractivity contribution is -0.138. The summed E-state index contributed by atoms with van der Waals surface area (Å²) in [7, 11) is 0. The molecule has 0 unspecified atom stereocenters. The van der Waals surface area contributed by atoms with Gasteiger partial charge in [-0.05, 0) is 27.6 Å². The summed E-state index contributed by atoms with van der Waals surface area (Å²) < 4.78 is 0.974. The molecule has 0 aliphatic rings. The molecule has 4 heteroatoms. The van der Waals surface area contributed by atoms with Crippen molar-refractivity contribution < 1.29 is 9.90 Å². The zero-order valence-corrected chi connectivity index (χ0v) is 11.3. The van der Waals surface area contributed by atoms with Crippen LogP contribution in [0.4, 0.5) is 0 Å². The first-order chi connectivity index (χ1) is 7.92. The smallest absolute Gasteiger partial charge is 0.304 e. The fourth-order valence-corrected chi connectivity index (χ4v) is 2.72. The molecule has 0 aliphatic carbocycles. The number of nitrogens with one attached hydrogen (secondary N) is 1. The maximum Gasteiger partial charge on any atom is 0.304 e. The van der Waals surface area contributed by atoms with E-state index < -0.39 is 11.4 Å². The number of aromatic amines is 1. The van der Waals surface area contributed by atoms with Crippen LogP contribution in [0.5, 0.6) is 0 Å². The van der Waals surface area contributed by atoms with Crippen LogP contribution in [0.1, 0.15) is 25.8 Å². The number of aromatic nitrogens is 1. The molecule has 1 heterocycles. The third-order valence-corrected chi connectivity index (χ3v) is 3.61. The number of hydrogen-bond donors (Lipinski definition) is 2. The number of rotatable bonds is 3. The van der Waals surface area contributed by atoms with E-state index in [-0.39, 0.29) is 6.42 Å². The molecule has 0 bridgehead atoms. The molecule has 17 heavy (non-hydrogen) atoms. The zero-order valence-electron chi connectivity index (χ0n) is 9.75. The minimum Gasteiger partial charge on any atom is -0.481 e. The molecule has 0 aliphatic heterocycles. The highest BCUT2D eigenvalue weighted by Crippen LogP contribution is 2.36. The standard InChI is InChI=1S/C13H14BrNO2/c1-13(2,6-11(16)17)8-4-3-5-10-12(8)9(14)7-15-10/h3-5,7,15H,6H2,1-2H3,(H,16,17). The maximum absolute atomic E-state index is 10.9. The topological polar surface area (TPSA) is 53.1 Å². The lowest BCUT2D eigenvalue weighted by atomic mass is 9.80. The van der Waals surface area contributed by atoms with Crippen molar-refractivity contribution in [2.24, 2.45) is 0 Å². The normalized spacial score (nSPS) is 11.9. The first-order valence-electron chi connectivity index (χ1n) is 5.40. The molecule has 0 saturated carbocycles. The molecule has 0 radical (unpaired) electrons. The van der Waals surface area contributed by atoms with Crippen LogP contribution >= 0.6 is 15.9 Å². The molecular formula is C13H14BrNO2. The van der Waals surface area contributed by atoms with Gasteiger partial charge in [-0.1, -0.05) is 26.0 Å². The van der Waals surface area contributed by atoms with Crippen LogP contribution in [0.25, 0.3) is 10.9 Å². The van der Waals surface area contributed by atoms with E-state index in [9.17, 15) is 4.79 Å². The van der Waals surface area contributed by atoms with E-state index in [0.29, 0.717) is 0 Å². The van der Waals surface area contributed by atoms with Gasteiger partial charge in [-0.25, -0.2) is 0 Å². The highest BCUT2D eigenvalue weighted by atomic mass is 79.9. The highest BCUT2D eigenvalue weighted by molar-refractivity contribution is 9.10. The third-order valence-electron chi connectivity index (χ3n) is 2.98. The average Bonchev–Trinajstić information content (AvgIpc) is 2.59. The Hall–Kier alpha value is -1.29. The molecule has 0 spiro atoms.